The van der Waals surface area contributed by atoms with Crippen molar-refractivity contribution in [1.29, 1.82) is 0 Å². The Bertz CT molecular complexity index is 1730. The molecule has 2 amide bonds. The lowest BCUT2D eigenvalue weighted by Crippen LogP contribution is -2.28. The average molecular weight is 611 g/mol. The van der Waals surface area contributed by atoms with Crippen LogP contribution in [0.3, 0.4) is 0 Å². The molecule has 8 nitrogen and oxygen atoms in total. The number of thiophene rings is 1. The van der Waals surface area contributed by atoms with Crippen LogP contribution in [0.15, 0.2) is 113 Å². The number of thioether (sulfide) groups is 1. The van der Waals surface area contributed by atoms with Gasteiger partial charge in [0.25, 0.3) is 5.91 Å². The number of nitrogens with zero attached hydrogens (tertiary/aromatic N) is 5. The van der Waals surface area contributed by atoms with E-state index in [1.165, 1.54) is 28.9 Å². The van der Waals surface area contributed by atoms with Crippen molar-refractivity contribution < 1.29 is 14.0 Å². The van der Waals surface area contributed by atoms with Crippen LogP contribution in [0.2, 0.25) is 0 Å². The monoisotopic (exact) mass is 610 g/mol. The van der Waals surface area contributed by atoms with Gasteiger partial charge >= 0.3 is 0 Å². The number of hydrogen-bond acceptors (Lipinski definition) is 7. The predicted molar refractivity (Wildman–Crippen MR) is 166 cm³/mol. The lowest BCUT2D eigenvalue weighted by atomic mass is 10.0. The van der Waals surface area contributed by atoms with Gasteiger partial charge in [-0.3, -0.25) is 14.2 Å². The van der Waals surface area contributed by atoms with Gasteiger partial charge in [-0.1, -0.05) is 78.5 Å². The van der Waals surface area contributed by atoms with Crippen LogP contribution in [-0.2, 0) is 22.6 Å². The molecule has 1 aliphatic heterocycles. The number of benzene rings is 3. The molecular formula is C32H27FN6O2S2. The van der Waals surface area contributed by atoms with Crippen molar-refractivity contribution in [2.45, 2.75) is 30.6 Å². The highest BCUT2D eigenvalue weighted by Crippen LogP contribution is 2.35. The van der Waals surface area contributed by atoms with E-state index in [9.17, 15) is 14.0 Å². The summed E-state index contributed by atoms with van der Waals surface area (Å²) < 4.78 is 15.5. The number of aromatic nitrogens is 3. The summed E-state index contributed by atoms with van der Waals surface area (Å²) in [5, 5.41) is 20.4. The van der Waals surface area contributed by atoms with Crippen LogP contribution >= 0.6 is 23.1 Å². The van der Waals surface area contributed by atoms with E-state index in [1.807, 2.05) is 82.7 Å². The first kappa shape index (κ1) is 28.5. The van der Waals surface area contributed by atoms with Gasteiger partial charge in [-0.05, 0) is 46.8 Å². The smallest absolute Gasteiger partial charge is 0.253 e. The van der Waals surface area contributed by atoms with Crippen LogP contribution in [-0.4, -0.2) is 43.1 Å². The molecule has 0 saturated heterocycles. The fourth-order valence-electron chi connectivity index (χ4n) is 4.83. The van der Waals surface area contributed by atoms with Gasteiger partial charge in [0.1, 0.15) is 5.82 Å². The molecule has 0 radical (unpaired) electrons. The Morgan fingerprint density at radius 3 is 2.40 bits per heavy atom. The Balaban J connectivity index is 1.20. The number of halogens is 1. The number of hydrogen-bond donors (Lipinski definition) is 1. The highest BCUT2D eigenvalue weighted by Gasteiger charge is 2.33. The van der Waals surface area contributed by atoms with Gasteiger partial charge < -0.3 is 5.32 Å². The fraction of sp³-hybridized carbons (Fsp3) is 0.156. The van der Waals surface area contributed by atoms with E-state index in [4.69, 9.17) is 5.10 Å². The van der Waals surface area contributed by atoms with E-state index < -0.39 is 0 Å². The molecule has 0 aliphatic carbocycles. The minimum Gasteiger partial charge on any atom is -0.348 e. The Morgan fingerprint density at radius 1 is 0.930 bits per heavy atom. The summed E-state index contributed by atoms with van der Waals surface area (Å²) in [7, 11) is 0. The summed E-state index contributed by atoms with van der Waals surface area (Å²) in [4.78, 5) is 27.3. The maximum atomic E-state index is 13.7. The first-order valence-electron chi connectivity index (χ1n) is 13.7. The van der Waals surface area contributed by atoms with Gasteiger partial charge in [0.2, 0.25) is 5.91 Å². The van der Waals surface area contributed by atoms with E-state index in [0.29, 0.717) is 17.4 Å². The second-order valence-corrected chi connectivity index (χ2v) is 11.7. The second-order valence-electron chi connectivity index (χ2n) is 9.83. The van der Waals surface area contributed by atoms with E-state index in [2.05, 4.69) is 15.5 Å². The Kier molecular flexibility index (Phi) is 8.71. The predicted octanol–water partition coefficient (Wildman–Crippen LogP) is 5.80. The third-order valence-corrected chi connectivity index (χ3v) is 8.75. The second kappa shape index (κ2) is 13.1. The first-order chi connectivity index (χ1) is 21.0. The lowest BCUT2D eigenvalue weighted by molar-refractivity contribution is -0.130. The van der Waals surface area contributed by atoms with Crippen molar-refractivity contribution in [3.05, 3.63) is 130 Å². The quantitative estimate of drug-likeness (QED) is 0.202. The van der Waals surface area contributed by atoms with E-state index in [-0.39, 0.29) is 42.4 Å². The first-order valence-corrected chi connectivity index (χ1v) is 15.5. The zero-order chi connectivity index (χ0) is 29.6. The molecule has 1 atom stereocenters. The van der Waals surface area contributed by atoms with Crippen LogP contribution in [0.4, 0.5) is 4.39 Å². The Hall–Kier alpha value is -4.61. The molecule has 0 fully saturated rings. The summed E-state index contributed by atoms with van der Waals surface area (Å²) >= 11 is 2.82. The SMILES string of the molecule is O=C(Cc1ccccc1)NCc1nnc(SCC(=O)N2N=C(c3cccs3)C[C@H]2c2ccc(F)cc2)n1-c1ccccc1. The highest BCUT2D eigenvalue weighted by atomic mass is 32.2. The molecule has 5 aromatic rings. The van der Waals surface area contributed by atoms with E-state index in [0.717, 1.165) is 27.4 Å². The number of rotatable bonds is 10. The van der Waals surface area contributed by atoms with Gasteiger partial charge in [0.15, 0.2) is 11.0 Å². The number of hydrazone groups is 1. The molecule has 6 rings (SSSR count). The number of para-hydroxylation sites is 1. The van der Waals surface area contributed by atoms with Crippen molar-refractivity contribution in [2.24, 2.45) is 5.10 Å². The summed E-state index contributed by atoms with van der Waals surface area (Å²) in [5.41, 5.74) is 3.38. The zero-order valence-electron chi connectivity index (χ0n) is 23.0. The number of carbonyl (C=O) groups excluding carboxylic acids is 2. The van der Waals surface area contributed by atoms with Crippen molar-refractivity contribution in [3.8, 4) is 5.69 Å². The standard InChI is InChI=1S/C32H27FN6O2S2/c33-24-15-13-23(14-16-24)27-19-26(28-12-7-17-42-28)37-39(27)31(41)21-43-32-36-35-29(38(32)25-10-5-2-6-11-25)20-34-30(40)18-22-8-3-1-4-9-22/h1-17,27H,18-21H2,(H,34,40)/t27-/m0/s1. The van der Waals surface area contributed by atoms with Crippen molar-refractivity contribution in [2.75, 3.05) is 5.75 Å². The van der Waals surface area contributed by atoms with Crippen LogP contribution < -0.4 is 5.32 Å². The number of nitrogens with one attached hydrogen (secondary N) is 1. The van der Waals surface area contributed by atoms with Gasteiger partial charge in [0.05, 0.1) is 35.3 Å². The van der Waals surface area contributed by atoms with Gasteiger partial charge in [0, 0.05) is 12.1 Å². The number of amides is 2. The molecule has 216 valence electrons. The van der Waals surface area contributed by atoms with E-state index in [1.54, 1.807) is 23.5 Å². The third kappa shape index (κ3) is 6.73. The summed E-state index contributed by atoms with van der Waals surface area (Å²) in [6, 6.07) is 28.9. The highest BCUT2D eigenvalue weighted by molar-refractivity contribution is 7.99. The minimum atomic E-state index is -0.340. The van der Waals surface area contributed by atoms with Crippen LogP contribution in [0.5, 0.6) is 0 Å². The molecule has 1 N–H and O–H groups in total. The molecule has 3 heterocycles. The number of carbonyl (C=O) groups is 2. The molecule has 0 unspecified atom stereocenters. The Morgan fingerprint density at radius 2 is 1.67 bits per heavy atom. The minimum absolute atomic E-state index is 0.0598. The molecule has 0 saturated carbocycles. The molecule has 3 aromatic carbocycles. The molecule has 0 bridgehead atoms. The van der Waals surface area contributed by atoms with Gasteiger partial charge in [-0.15, -0.1) is 21.5 Å². The zero-order valence-corrected chi connectivity index (χ0v) is 24.6. The topological polar surface area (TPSA) is 92.5 Å². The summed E-state index contributed by atoms with van der Waals surface area (Å²) in [6.45, 7) is 0.176. The normalized spacial score (nSPS) is 14.5. The van der Waals surface area contributed by atoms with Crippen LogP contribution in [0, 0.1) is 5.82 Å². The van der Waals surface area contributed by atoms with Gasteiger partial charge in [-0.25, -0.2) is 9.40 Å². The lowest BCUT2D eigenvalue weighted by Gasteiger charge is -2.22. The maximum Gasteiger partial charge on any atom is 0.253 e. The Labute approximate surface area is 256 Å². The molecular weight excluding hydrogens is 584 g/mol. The average Bonchev–Trinajstić information content (AvgIpc) is 3.80. The van der Waals surface area contributed by atoms with Crippen molar-refractivity contribution >= 4 is 40.6 Å². The summed E-state index contributed by atoms with van der Waals surface area (Å²) in [5.74, 6) is -0.0537. The molecule has 1 aliphatic rings. The molecule has 0 spiro atoms. The van der Waals surface area contributed by atoms with Crippen molar-refractivity contribution in [3.63, 3.8) is 0 Å². The molecule has 43 heavy (non-hydrogen) atoms. The van der Waals surface area contributed by atoms with Crippen molar-refractivity contribution in [1.82, 2.24) is 25.1 Å². The van der Waals surface area contributed by atoms with Crippen LogP contribution in [0.1, 0.15) is 34.3 Å². The summed E-state index contributed by atoms with van der Waals surface area (Å²) in [6.07, 6.45) is 0.797. The largest absolute Gasteiger partial charge is 0.348 e. The van der Waals surface area contributed by atoms with Crippen LogP contribution in [0.25, 0.3) is 5.69 Å². The van der Waals surface area contributed by atoms with Gasteiger partial charge in [-0.2, -0.15) is 5.10 Å². The van der Waals surface area contributed by atoms with E-state index >= 15 is 0 Å². The molecule has 2 aromatic heterocycles. The third-order valence-electron chi connectivity index (χ3n) is 6.92. The maximum absolute atomic E-state index is 13.7. The molecule has 11 heteroatoms. The fourth-order valence-corrected chi connectivity index (χ4v) is 6.38.